The third kappa shape index (κ3) is 1.50. The van der Waals surface area contributed by atoms with E-state index in [0.717, 1.165) is 17.8 Å². The number of hydrogen-bond acceptors (Lipinski definition) is 2. The summed E-state index contributed by atoms with van der Waals surface area (Å²) in [5, 5.41) is 11.2. The van der Waals surface area contributed by atoms with Crippen LogP contribution in [0.4, 0.5) is 0 Å². The van der Waals surface area contributed by atoms with Gasteiger partial charge in [-0.05, 0) is 78.7 Å². The zero-order chi connectivity index (χ0) is 12.2. The average Bonchev–Trinajstić information content (AvgIpc) is 2.76. The second kappa shape index (κ2) is 3.84. The van der Waals surface area contributed by atoms with Crippen LogP contribution in [0, 0.1) is 29.1 Å². The van der Waals surface area contributed by atoms with E-state index in [2.05, 4.69) is 17.5 Å². The molecule has 4 bridgehead atoms. The fraction of sp³-hybridized carbons (Fsp3) is 0.688. The number of hydrogen-bond donors (Lipinski definition) is 0. The molecule has 0 aromatic carbocycles. The highest BCUT2D eigenvalue weighted by molar-refractivity contribution is 7.10. The Morgan fingerprint density at radius 2 is 1.78 bits per heavy atom. The van der Waals surface area contributed by atoms with Gasteiger partial charge < -0.3 is 0 Å². The summed E-state index contributed by atoms with van der Waals surface area (Å²) in [6, 6.07) is 4.69. The molecule has 1 aromatic heterocycles. The third-order valence-corrected chi connectivity index (χ3v) is 6.52. The second-order valence-electron chi connectivity index (χ2n) is 6.79. The molecule has 4 saturated carbocycles. The Hall–Kier alpha value is -0.810. The first-order valence-corrected chi connectivity index (χ1v) is 8.11. The molecule has 0 spiro atoms. The van der Waals surface area contributed by atoms with Gasteiger partial charge in [0.15, 0.2) is 0 Å². The largest absolute Gasteiger partial charge is 0.198 e. The number of rotatable bonds is 2. The van der Waals surface area contributed by atoms with Gasteiger partial charge in [-0.25, -0.2) is 0 Å². The molecule has 1 heterocycles. The molecule has 2 heteroatoms. The van der Waals surface area contributed by atoms with Crippen molar-refractivity contribution in [2.24, 2.45) is 17.8 Å². The molecular weight excluding hydrogens is 238 g/mol. The zero-order valence-electron chi connectivity index (χ0n) is 10.7. The zero-order valence-corrected chi connectivity index (χ0v) is 11.5. The smallest absolute Gasteiger partial charge is 0.0698 e. The second-order valence-corrected chi connectivity index (χ2v) is 7.79. The minimum Gasteiger partial charge on any atom is -0.198 e. The van der Waals surface area contributed by atoms with Crippen molar-refractivity contribution >= 4 is 11.3 Å². The molecule has 0 saturated heterocycles. The summed E-state index contributed by atoms with van der Waals surface area (Å²) in [5.41, 5.74) is 2.04. The Balaban J connectivity index is 1.75. The predicted molar refractivity (Wildman–Crippen MR) is 73.5 cm³/mol. The third-order valence-electron chi connectivity index (χ3n) is 5.59. The number of thiophene rings is 1. The Morgan fingerprint density at radius 3 is 2.33 bits per heavy atom. The van der Waals surface area contributed by atoms with Gasteiger partial charge in [0, 0.05) is 4.88 Å². The minimum atomic E-state index is 0.473. The van der Waals surface area contributed by atoms with Crippen LogP contribution < -0.4 is 0 Å². The van der Waals surface area contributed by atoms with Crippen molar-refractivity contribution < 1.29 is 0 Å². The molecule has 4 fully saturated rings. The van der Waals surface area contributed by atoms with Crippen molar-refractivity contribution in [1.82, 2.24) is 0 Å². The standard InChI is InChI=1S/C16H19NS/c17-3-1-15-14(2-4-18-15)16-8-11-5-12(9-16)7-13(6-11)10-16/h2,4,11-13H,1,5-10H2. The summed E-state index contributed by atoms with van der Waals surface area (Å²) in [4.78, 5) is 1.36. The molecule has 1 nitrogen and oxygen atoms in total. The predicted octanol–water partition coefficient (Wildman–Crippen LogP) is 4.28. The fourth-order valence-electron chi connectivity index (χ4n) is 5.46. The van der Waals surface area contributed by atoms with Crippen LogP contribution in [0.2, 0.25) is 0 Å². The van der Waals surface area contributed by atoms with Crippen molar-refractivity contribution in [3.05, 3.63) is 21.9 Å². The van der Waals surface area contributed by atoms with Gasteiger partial charge in [0.1, 0.15) is 0 Å². The molecule has 0 N–H and O–H groups in total. The highest BCUT2D eigenvalue weighted by atomic mass is 32.1. The van der Waals surface area contributed by atoms with Crippen molar-refractivity contribution in [3.8, 4) is 6.07 Å². The van der Waals surface area contributed by atoms with Crippen LogP contribution in [0.15, 0.2) is 11.4 Å². The van der Waals surface area contributed by atoms with Crippen molar-refractivity contribution in [2.45, 2.75) is 50.4 Å². The molecule has 0 radical (unpaired) electrons. The highest BCUT2D eigenvalue weighted by Gasteiger charge is 2.52. The molecule has 0 unspecified atom stereocenters. The maximum absolute atomic E-state index is 9.00. The van der Waals surface area contributed by atoms with Gasteiger partial charge in [0.05, 0.1) is 12.5 Å². The molecular formula is C16H19NS. The SMILES string of the molecule is N#CCc1sccc1C12CC3CC(CC(C3)C1)C2. The topological polar surface area (TPSA) is 23.8 Å². The number of nitrogens with zero attached hydrogens (tertiary/aromatic N) is 1. The van der Waals surface area contributed by atoms with Crippen molar-refractivity contribution in [2.75, 3.05) is 0 Å². The first kappa shape index (κ1) is 11.1. The quantitative estimate of drug-likeness (QED) is 0.775. The molecule has 4 aliphatic carbocycles. The van der Waals surface area contributed by atoms with E-state index in [1.807, 2.05) is 0 Å². The van der Waals surface area contributed by atoms with Crippen LogP contribution in [-0.2, 0) is 11.8 Å². The van der Waals surface area contributed by atoms with Gasteiger partial charge in [-0.1, -0.05) is 0 Å². The van der Waals surface area contributed by atoms with Gasteiger partial charge in [-0.15, -0.1) is 11.3 Å². The molecule has 1 aromatic rings. The summed E-state index contributed by atoms with van der Waals surface area (Å²) < 4.78 is 0. The summed E-state index contributed by atoms with van der Waals surface area (Å²) in [5.74, 6) is 2.98. The van der Waals surface area contributed by atoms with Crippen molar-refractivity contribution in [1.29, 1.82) is 5.26 Å². The molecule has 18 heavy (non-hydrogen) atoms. The summed E-state index contributed by atoms with van der Waals surface area (Å²) in [6.07, 6.45) is 9.34. The Morgan fingerprint density at radius 1 is 1.17 bits per heavy atom. The van der Waals surface area contributed by atoms with E-state index in [9.17, 15) is 0 Å². The van der Waals surface area contributed by atoms with E-state index in [1.165, 1.54) is 43.4 Å². The lowest BCUT2D eigenvalue weighted by Crippen LogP contribution is -2.48. The summed E-state index contributed by atoms with van der Waals surface area (Å²) >= 11 is 1.80. The summed E-state index contributed by atoms with van der Waals surface area (Å²) in [6.45, 7) is 0. The minimum absolute atomic E-state index is 0.473. The van der Waals surface area contributed by atoms with E-state index >= 15 is 0 Å². The normalized spacial score (nSPS) is 40.9. The van der Waals surface area contributed by atoms with Gasteiger partial charge in [-0.3, -0.25) is 0 Å². The molecule has 5 rings (SSSR count). The number of nitriles is 1. The van der Waals surface area contributed by atoms with Gasteiger partial charge in [0.25, 0.3) is 0 Å². The van der Waals surface area contributed by atoms with Gasteiger partial charge >= 0.3 is 0 Å². The average molecular weight is 257 g/mol. The van der Waals surface area contributed by atoms with Crippen LogP contribution in [0.1, 0.15) is 49.0 Å². The van der Waals surface area contributed by atoms with Crippen LogP contribution >= 0.6 is 11.3 Å². The maximum Gasteiger partial charge on any atom is 0.0698 e. The Labute approximate surface area is 113 Å². The monoisotopic (exact) mass is 257 g/mol. The van der Waals surface area contributed by atoms with E-state index in [1.54, 1.807) is 16.9 Å². The highest BCUT2D eigenvalue weighted by Crippen LogP contribution is 2.61. The van der Waals surface area contributed by atoms with E-state index in [4.69, 9.17) is 5.26 Å². The van der Waals surface area contributed by atoms with Crippen LogP contribution in [0.3, 0.4) is 0 Å². The maximum atomic E-state index is 9.00. The first-order chi connectivity index (χ1) is 8.79. The van der Waals surface area contributed by atoms with E-state index in [-0.39, 0.29) is 0 Å². The lowest BCUT2D eigenvalue weighted by Gasteiger charge is -2.57. The summed E-state index contributed by atoms with van der Waals surface area (Å²) in [7, 11) is 0. The Kier molecular flexibility index (Phi) is 2.36. The van der Waals surface area contributed by atoms with E-state index in [0.29, 0.717) is 11.8 Å². The Bertz CT molecular complexity index is 472. The fourth-order valence-corrected chi connectivity index (χ4v) is 6.39. The van der Waals surface area contributed by atoms with Crippen LogP contribution in [-0.4, -0.2) is 0 Å². The molecule has 0 aliphatic heterocycles. The lowest BCUT2D eigenvalue weighted by molar-refractivity contribution is -0.00529. The molecule has 4 aliphatic rings. The first-order valence-electron chi connectivity index (χ1n) is 7.23. The van der Waals surface area contributed by atoms with Gasteiger partial charge in [0.2, 0.25) is 0 Å². The molecule has 94 valence electrons. The lowest BCUT2D eigenvalue weighted by atomic mass is 9.48. The van der Waals surface area contributed by atoms with E-state index < -0.39 is 0 Å². The van der Waals surface area contributed by atoms with Crippen LogP contribution in [0.25, 0.3) is 0 Å². The molecule has 0 atom stereocenters. The van der Waals surface area contributed by atoms with Crippen LogP contribution in [0.5, 0.6) is 0 Å². The van der Waals surface area contributed by atoms with Gasteiger partial charge in [-0.2, -0.15) is 5.26 Å². The molecule has 0 amide bonds. The van der Waals surface area contributed by atoms with Crippen molar-refractivity contribution in [3.63, 3.8) is 0 Å².